The van der Waals surface area contributed by atoms with Crippen molar-refractivity contribution in [2.45, 2.75) is 63.9 Å². The summed E-state index contributed by atoms with van der Waals surface area (Å²) >= 11 is 0. The molecule has 0 aromatic rings. The zero-order valence-electron chi connectivity index (χ0n) is 12.6. The summed E-state index contributed by atoms with van der Waals surface area (Å²) in [4.78, 5) is 0. The van der Waals surface area contributed by atoms with Gasteiger partial charge in [0.15, 0.2) is 0 Å². The molecule has 112 valence electrons. The molecule has 2 rings (SSSR count). The van der Waals surface area contributed by atoms with Crippen LogP contribution in [0.4, 0.5) is 0 Å². The average Bonchev–Trinajstić information content (AvgIpc) is 2.96. The van der Waals surface area contributed by atoms with E-state index in [1.54, 1.807) is 7.11 Å². The van der Waals surface area contributed by atoms with E-state index >= 15 is 0 Å². The van der Waals surface area contributed by atoms with Gasteiger partial charge in [-0.1, -0.05) is 19.3 Å². The maximum atomic E-state index is 5.79. The lowest BCUT2D eigenvalue weighted by atomic mass is 9.70. The normalized spacial score (nSPS) is 26.7. The fourth-order valence-electron chi connectivity index (χ4n) is 3.68. The van der Waals surface area contributed by atoms with Crippen molar-refractivity contribution in [2.75, 3.05) is 33.4 Å². The molecule has 1 saturated carbocycles. The van der Waals surface area contributed by atoms with Crippen LogP contribution >= 0.6 is 0 Å². The quantitative estimate of drug-likeness (QED) is 0.687. The van der Waals surface area contributed by atoms with E-state index < -0.39 is 0 Å². The van der Waals surface area contributed by atoms with E-state index in [4.69, 9.17) is 9.47 Å². The van der Waals surface area contributed by atoms with Gasteiger partial charge in [0.05, 0.1) is 12.7 Å². The van der Waals surface area contributed by atoms with Gasteiger partial charge in [-0.05, 0) is 43.9 Å². The third-order valence-electron chi connectivity index (χ3n) is 4.92. The number of nitrogens with one attached hydrogen (secondary N) is 1. The van der Waals surface area contributed by atoms with Crippen molar-refractivity contribution in [1.82, 2.24) is 5.32 Å². The fourth-order valence-corrected chi connectivity index (χ4v) is 3.68. The van der Waals surface area contributed by atoms with Crippen LogP contribution in [0.3, 0.4) is 0 Å². The topological polar surface area (TPSA) is 30.5 Å². The maximum Gasteiger partial charge on any atom is 0.0587 e. The van der Waals surface area contributed by atoms with Crippen LogP contribution in [-0.2, 0) is 9.47 Å². The highest BCUT2D eigenvalue weighted by Gasteiger charge is 2.32. The van der Waals surface area contributed by atoms with Gasteiger partial charge in [-0.25, -0.2) is 0 Å². The highest BCUT2D eigenvalue weighted by Crippen LogP contribution is 2.40. The first-order valence-corrected chi connectivity index (χ1v) is 8.16. The van der Waals surface area contributed by atoms with Gasteiger partial charge in [0.1, 0.15) is 0 Å². The van der Waals surface area contributed by atoms with Crippen LogP contribution in [-0.4, -0.2) is 39.5 Å². The molecular weight excluding hydrogens is 238 g/mol. The van der Waals surface area contributed by atoms with Crippen LogP contribution in [0.15, 0.2) is 0 Å². The minimum Gasteiger partial charge on any atom is -0.383 e. The monoisotopic (exact) mass is 269 g/mol. The molecule has 1 heterocycles. The lowest BCUT2D eigenvalue weighted by Gasteiger charge is -2.38. The second-order valence-electron chi connectivity index (χ2n) is 6.40. The summed E-state index contributed by atoms with van der Waals surface area (Å²) in [6.07, 6.45) is 12.8. The first kappa shape index (κ1) is 15.3. The molecule has 1 aliphatic carbocycles. The number of ether oxygens (including phenoxy) is 2. The molecule has 19 heavy (non-hydrogen) atoms. The summed E-state index contributed by atoms with van der Waals surface area (Å²) in [6, 6.07) is 0. The highest BCUT2D eigenvalue weighted by atomic mass is 16.5. The zero-order chi connectivity index (χ0) is 13.4. The summed E-state index contributed by atoms with van der Waals surface area (Å²) in [5.74, 6) is 0. The molecule has 1 atom stereocenters. The fraction of sp³-hybridized carbons (Fsp3) is 1.00. The van der Waals surface area contributed by atoms with Crippen molar-refractivity contribution in [1.29, 1.82) is 0 Å². The molecule has 0 radical (unpaired) electrons. The third-order valence-corrected chi connectivity index (χ3v) is 4.92. The Labute approximate surface area is 118 Å². The van der Waals surface area contributed by atoms with E-state index in [0.717, 1.165) is 19.8 Å². The van der Waals surface area contributed by atoms with Gasteiger partial charge in [-0.2, -0.15) is 0 Å². The van der Waals surface area contributed by atoms with E-state index in [2.05, 4.69) is 5.32 Å². The minimum absolute atomic E-state index is 0.540. The standard InChI is InChI=1S/C16H31NO2/c1-18-13-11-17-14-16(8-3-2-4-9-16)10-7-15-6-5-12-19-15/h15,17H,2-14H2,1H3. The predicted molar refractivity (Wildman–Crippen MR) is 78.5 cm³/mol. The van der Waals surface area contributed by atoms with E-state index in [-0.39, 0.29) is 0 Å². The Hall–Kier alpha value is -0.120. The van der Waals surface area contributed by atoms with E-state index in [0.29, 0.717) is 11.5 Å². The first-order valence-electron chi connectivity index (χ1n) is 8.16. The van der Waals surface area contributed by atoms with E-state index in [9.17, 15) is 0 Å². The second-order valence-corrected chi connectivity index (χ2v) is 6.40. The van der Waals surface area contributed by atoms with Gasteiger partial charge in [0.2, 0.25) is 0 Å². The number of rotatable bonds is 8. The van der Waals surface area contributed by atoms with Crippen LogP contribution in [0.1, 0.15) is 57.8 Å². The molecule has 0 spiro atoms. The highest BCUT2D eigenvalue weighted by molar-refractivity contribution is 4.86. The Bertz CT molecular complexity index is 233. The van der Waals surface area contributed by atoms with Gasteiger partial charge in [-0.15, -0.1) is 0 Å². The van der Waals surface area contributed by atoms with Crippen LogP contribution in [0.2, 0.25) is 0 Å². The molecule has 3 heteroatoms. The average molecular weight is 269 g/mol. The van der Waals surface area contributed by atoms with Gasteiger partial charge in [-0.3, -0.25) is 0 Å². The molecule has 0 bridgehead atoms. The second kappa shape index (κ2) is 8.23. The summed E-state index contributed by atoms with van der Waals surface area (Å²) in [7, 11) is 1.77. The molecule has 0 aromatic carbocycles. The Balaban J connectivity index is 1.75. The first-order chi connectivity index (χ1) is 9.35. The molecule has 1 aliphatic heterocycles. The largest absolute Gasteiger partial charge is 0.383 e. The molecule has 0 aromatic heterocycles. The van der Waals surface area contributed by atoms with Crippen molar-refractivity contribution in [3.8, 4) is 0 Å². The zero-order valence-corrected chi connectivity index (χ0v) is 12.6. The van der Waals surface area contributed by atoms with Crippen LogP contribution in [0.25, 0.3) is 0 Å². The molecule has 2 aliphatic rings. The van der Waals surface area contributed by atoms with E-state index in [1.165, 1.54) is 64.3 Å². The van der Waals surface area contributed by atoms with Crippen LogP contribution < -0.4 is 5.32 Å². The predicted octanol–water partition coefficient (Wildman–Crippen LogP) is 3.13. The van der Waals surface area contributed by atoms with Crippen molar-refractivity contribution < 1.29 is 9.47 Å². The Morgan fingerprint density at radius 3 is 2.74 bits per heavy atom. The van der Waals surface area contributed by atoms with Gasteiger partial charge in [0.25, 0.3) is 0 Å². The van der Waals surface area contributed by atoms with Crippen molar-refractivity contribution in [3.63, 3.8) is 0 Å². The maximum absolute atomic E-state index is 5.79. The van der Waals surface area contributed by atoms with Gasteiger partial charge >= 0.3 is 0 Å². The van der Waals surface area contributed by atoms with Crippen molar-refractivity contribution in [2.24, 2.45) is 5.41 Å². The summed E-state index contributed by atoms with van der Waals surface area (Å²) in [6.45, 7) is 3.97. The lowest BCUT2D eigenvalue weighted by molar-refractivity contribution is 0.0752. The summed E-state index contributed by atoms with van der Waals surface area (Å²) < 4.78 is 10.9. The minimum atomic E-state index is 0.540. The van der Waals surface area contributed by atoms with Gasteiger partial charge < -0.3 is 14.8 Å². The molecule has 1 saturated heterocycles. The smallest absolute Gasteiger partial charge is 0.0587 e. The number of hydrogen-bond donors (Lipinski definition) is 1. The molecular formula is C16H31NO2. The van der Waals surface area contributed by atoms with E-state index in [1.807, 2.05) is 0 Å². The van der Waals surface area contributed by atoms with Crippen LogP contribution in [0.5, 0.6) is 0 Å². The number of hydrogen-bond acceptors (Lipinski definition) is 3. The van der Waals surface area contributed by atoms with Crippen molar-refractivity contribution in [3.05, 3.63) is 0 Å². The lowest BCUT2D eigenvalue weighted by Crippen LogP contribution is -2.38. The Kier molecular flexibility index (Phi) is 6.62. The SMILES string of the molecule is COCCNCC1(CCC2CCCO2)CCCCC1. The molecule has 3 nitrogen and oxygen atoms in total. The summed E-state index contributed by atoms with van der Waals surface area (Å²) in [5.41, 5.74) is 0.540. The summed E-state index contributed by atoms with van der Waals surface area (Å²) in [5, 5.41) is 3.61. The van der Waals surface area contributed by atoms with Gasteiger partial charge in [0, 0.05) is 26.8 Å². The third kappa shape index (κ3) is 5.05. The Morgan fingerprint density at radius 2 is 2.05 bits per heavy atom. The molecule has 0 amide bonds. The Morgan fingerprint density at radius 1 is 1.21 bits per heavy atom. The molecule has 1 N–H and O–H groups in total. The van der Waals surface area contributed by atoms with Crippen molar-refractivity contribution >= 4 is 0 Å². The molecule has 1 unspecified atom stereocenters. The number of methoxy groups -OCH3 is 1. The van der Waals surface area contributed by atoms with Crippen LogP contribution in [0, 0.1) is 5.41 Å². The molecule has 2 fully saturated rings.